The minimum Gasteiger partial charge on any atom is -0.326 e. The number of aryl methyl sites for hydroxylation is 3. The van der Waals surface area contributed by atoms with Crippen molar-refractivity contribution in [1.29, 1.82) is 0 Å². The quantitative estimate of drug-likeness (QED) is 0.759. The van der Waals surface area contributed by atoms with Crippen LogP contribution in [0.2, 0.25) is 0 Å². The van der Waals surface area contributed by atoms with E-state index in [0.29, 0.717) is 13.0 Å². The van der Waals surface area contributed by atoms with E-state index >= 15 is 0 Å². The first-order valence-corrected chi connectivity index (χ1v) is 8.24. The van der Waals surface area contributed by atoms with E-state index in [1.54, 1.807) is 0 Å². The summed E-state index contributed by atoms with van der Waals surface area (Å²) in [6.45, 7) is 7.68. The molecule has 0 bridgehead atoms. The molecule has 2 rings (SSSR count). The summed E-state index contributed by atoms with van der Waals surface area (Å²) in [7, 11) is 0. The predicted octanol–water partition coefficient (Wildman–Crippen LogP) is 3.98. The molecule has 0 fully saturated rings. The SMILES string of the molecule is CCc1cccc(C)c1NC(=O)CCNCc1ccc(C)cc1. The van der Waals surface area contributed by atoms with Crippen LogP contribution >= 0.6 is 0 Å². The van der Waals surface area contributed by atoms with Crippen molar-refractivity contribution in [1.82, 2.24) is 5.32 Å². The number of anilines is 1. The van der Waals surface area contributed by atoms with Crippen LogP contribution in [0, 0.1) is 13.8 Å². The monoisotopic (exact) mass is 310 g/mol. The molecule has 2 aromatic rings. The smallest absolute Gasteiger partial charge is 0.225 e. The lowest BCUT2D eigenvalue weighted by atomic mass is 10.1. The maximum atomic E-state index is 12.1. The lowest BCUT2D eigenvalue weighted by Gasteiger charge is -2.13. The number of para-hydroxylation sites is 1. The van der Waals surface area contributed by atoms with E-state index in [1.165, 1.54) is 16.7 Å². The van der Waals surface area contributed by atoms with Gasteiger partial charge in [-0.1, -0.05) is 55.0 Å². The number of hydrogen-bond acceptors (Lipinski definition) is 2. The first-order valence-electron chi connectivity index (χ1n) is 8.24. The molecule has 23 heavy (non-hydrogen) atoms. The molecular weight excluding hydrogens is 284 g/mol. The van der Waals surface area contributed by atoms with Gasteiger partial charge in [-0.2, -0.15) is 0 Å². The predicted molar refractivity (Wildman–Crippen MR) is 96.7 cm³/mol. The standard InChI is InChI=1S/C20H26N2O/c1-4-18-7-5-6-16(3)20(18)22-19(23)12-13-21-14-17-10-8-15(2)9-11-17/h5-11,21H,4,12-14H2,1-3H3,(H,22,23). The molecule has 1 amide bonds. The summed E-state index contributed by atoms with van der Waals surface area (Å²) in [5.41, 5.74) is 5.77. The molecule has 3 heteroatoms. The van der Waals surface area contributed by atoms with Gasteiger partial charge in [-0.15, -0.1) is 0 Å². The second kappa shape index (κ2) is 8.49. The van der Waals surface area contributed by atoms with Crippen LogP contribution in [-0.4, -0.2) is 12.5 Å². The fourth-order valence-electron chi connectivity index (χ4n) is 2.54. The highest BCUT2D eigenvalue weighted by atomic mass is 16.1. The summed E-state index contributed by atoms with van der Waals surface area (Å²) in [4.78, 5) is 12.1. The van der Waals surface area contributed by atoms with E-state index < -0.39 is 0 Å². The first kappa shape index (κ1) is 17.2. The van der Waals surface area contributed by atoms with Crippen molar-refractivity contribution in [3.05, 3.63) is 64.7 Å². The fourth-order valence-corrected chi connectivity index (χ4v) is 2.54. The molecule has 0 unspecified atom stereocenters. The molecule has 3 nitrogen and oxygen atoms in total. The van der Waals surface area contributed by atoms with E-state index in [1.807, 2.05) is 19.1 Å². The van der Waals surface area contributed by atoms with E-state index in [4.69, 9.17) is 0 Å². The molecule has 0 aliphatic heterocycles. The fraction of sp³-hybridized carbons (Fsp3) is 0.350. The van der Waals surface area contributed by atoms with Crippen molar-refractivity contribution in [3.8, 4) is 0 Å². The summed E-state index contributed by atoms with van der Waals surface area (Å²) < 4.78 is 0. The second-order valence-electron chi connectivity index (χ2n) is 5.92. The number of benzene rings is 2. The second-order valence-corrected chi connectivity index (χ2v) is 5.92. The summed E-state index contributed by atoms with van der Waals surface area (Å²) in [5.74, 6) is 0.0606. The van der Waals surface area contributed by atoms with Crippen LogP contribution < -0.4 is 10.6 Å². The summed E-state index contributed by atoms with van der Waals surface area (Å²) in [5, 5.41) is 6.38. The van der Waals surface area contributed by atoms with Crippen molar-refractivity contribution in [2.45, 2.75) is 40.2 Å². The molecule has 0 heterocycles. The Morgan fingerprint density at radius 3 is 2.48 bits per heavy atom. The Bertz CT molecular complexity index is 647. The summed E-state index contributed by atoms with van der Waals surface area (Å²) in [6, 6.07) is 14.6. The van der Waals surface area contributed by atoms with Crippen molar-refractivity contribution < 1.29 is 4.79 Å². The van der Waals surface area contributed by atoms with Crippen molar-refractivity contribution in [2.75, 3.05) is 11.9 Å². The molecule has 0 saturated carbocycles. The Morgan fingerprint density at radius 1 is 1.04 bits per heavy atom. The highest BCUT2D eigenvalue weighted by molar-refractivity contribution is 5.92. The Balaban J connectivity index is 1.78. The van der Waals surface area contributed by atoms with Gasteiger partial charge in [0.1, 0.15) is 0 Å². The van der Waals surface area contributed by atoms with Gasteiger partial charge in [0, 0.05) is 25.2 Å². The molecule has 0 spiro atoms. The number of hydrogen-bond donors (Lipinski definition) is 2. The Hall–Kier alpha value is -2.13. The lowest BCUT2D eigenvalue weighted by molar-refractivity contribution is -0.116. The third-order valence-electron chi connectivity index (χ3n) is 3.98. The number of amides is 1. The third-order valence-corrected chi connectivity index (χ3v) is 3.98. The number of carbonyl (C=O) groups is 1. The number of nitrogens with one attached hydrogen (secondary N) is 2. The molecule has 0 radical (unpaired) electrons. The Morgan fingerprint density at radius 2 is 1.78 bits per heavy atom. The van der Waals surface area contributed by atoms with Gasteiger partial charge in [-0.3, -0.25) is 4.79 Å². The van der Waals surface area contributed by atoms with Crippen LogP contribution in [0.3, 0.4) is 0 Å². The number of rotatable bonds is 7. The molecule has 0 saturated heterocycles. The molecule has 0 aromatic heterocycles. The first-order chi connectivity index (χ1) is 11.1. The van der Waals surface area contributed by atoms with E-state index in [0.717, 1.165) is 24.2 Å². The molecule has 2 aromatic carbocycles. The van der Waals surface area contributed by atoms with Crippen LogP contribution in [0.25, 0.3) is 0 Å². The maximum absolute atomic E-state index is 12.1. The summed E-state index contributed by atoms with van der Waals surface area (Å²) in [6.07, 6.45) is 1.40. The average molecular weight is 310 g/mol. The molecular formula is C20H26N2O. The minimum absolute atomic E-state index is 0.0606. The highest BCUT2D eigenvalue weighted by Gasteiger charge is 2.08. The van der Waals surface area contributed by atoms with Crippen molar-refractivity contribution in [2.24, 2.45) is 0 Å². The van der Waals surface area contributed by atoms with Crippen molar-refractivity contribution >= 4 is 11.6 Å². The molecule has 2 N–H and O–H groups in total. The largest absolute Gasteiger partial charge is 0.326 e. The molecule has 0 atom stereocenters. The minimum atomic E-state index is 0.0606. The average Bonchev–Trinajstić information content (AvgIpc) is 2.55. The van der Waals surface area contributed by atoms with Crippen LogP contribution in [0.5, 0.6) is 0 Å². The zero-order chi connectivity index (χ0) is 16.7. The van der Waals surface area contributed by atoms with Crippen molar-refractivity contribution in [3.63, 3.8) is 0 Å². The normalized spacial score (nSPS) is 10.6. The highest BCUT2D eigenvalue weighted by Crippen LogP contribution is 2.21. The van der Waals surface area contributed by atoms with Crippen LogP contribution in [0.15, 0.2) is 42.5 Å². The topological polar surface area (TPSA) is 41.1 Å². The van der Waals surface area contributed by atoms with E-state index in [-0.39, 0.29) is 5.91 Å². The van der Waals surface area contributed by atoms with Crippen LogP contribution in [-0.2, 0) is 17.8 Å². The zero-order valence-electron chi connectivity index (χ0n) is 14.3. The Labute approximate surface area is 139 Å². The number of carbonyl (C=O) groups excluding carboxylic acids is 1. The van der Waals surface area contributed by atoms with Crippen LogP contribution in [0.4, 0.5) is 5.69 Å². The van der Waals surface area contributed by atoms with Gasteiger partial charge in [0.15, 0.2) is 0 Å². The third kappa shape index (κ3) is 5.22. The zero-order valence-corrected chi connectivity index (χ0v) is 14.3. The Kier molecular flexibility index (Phi) is 6.36. The molecule has 0 aliphatic carbocycles. The van der Waals surface area contributed by atoms with Gasteiger partial charge in [0.05, 0.1) is 0 Å². The maximum Gasteiger partial charge on any atom is 0.225 e. The van der Waals surface area contributed by atoms with Gasteiger partial charge >= 0.3 is 0 Å². The molecule has 0 aliphatic rings. The van der Waals surface area contributed by atoms with Gasteiger partial charge in [0.25, 0.3) is 0 Å². The van der Waals surface area contributed by atoms with Gasteiger partial charge in [-0.05, 0) is 37.0 Å². The van der Waals surface area contributed by atoms with Gasteiger partial charge < -0.3 is 10.6 Å². The van der Waals surface area contributed by atoms with E-state index in [9.17, 15) is 4.79 Å². The van der Waals surface area contributed by atoms with Crippen LogP contribution in [0.1, 0.15) is 35.6 Å². The van der Waals surface area contributed by atoms with Gasteiger partial charge in [-0.25, -0.2) is 0 Å². The molecule has 122 valence electrons. The van der Waals surface area contributed by atoms with Gasteiger partial charge in [0.2, 0.25) is 5.91 Å². The van der Waals surface area contributed by atoms with E-state index in [2.05, 4.69) is 54.8 Å². The lowest BCUT2D eigenvalue weighted by Crippen LogP contribution is -2.22. The summed E-state index contributed by atoms with van der Waals surface area (Å²) >= 11 is 0.